The molecule has 14 heavy (non-hydrogen) atoms. The molecule has 0 heterocycles. The third-order valence-electron chi connectivity index (χ3n) is 3.19. The molecule has 1 atom stereocenters. The highest BCUT2D eigenvalue weighted by atomic mass is 14.2. The number of hydrogen-bond acceptors (Lipinski definition) is 0. The Labute approximate surface area is 86.7 Å². The zero-order valence-electron chi connectivity index (χ0n) is 9.09. The second-order valence-electron chi connectivity index (χ2n) is 4.34. The molecule has 1 aromatic carbocycles. The summed E-state index contributed by atoms with van der Waals surface area (Å²) in [6.07, 6.45) is 6.34. The molecular weight excluding hydrogens is 168 g/mol. The monoisotopic (exact) mass is 186 g/mol. The van der Waals surface area contributed by atoms with E-state index in [4.69, 9.17) is 0 Å². The van der Waals surface area contributed by atoms with Crippen LogP contribution >= 0.6 is 0 Å². The fraction of sp³-hybridized carbons (Fsp3) is 0.429. The minimum absolute atomic E-state index is 0.685. The Kier molecular flexibility index (Phi) is 2.72. The van der Waals surface area contributed by atoms with Crippen LogP contribution in [0.15, 0.2) is 35.9 Å². The van der Waals surface area contributed by atoms with Crippen molar-refractivity contribution >= 4 is 0 Å². The lowest BCUT2D eigenvalue weighted by atomic mass is 9.83. The summed E-state index contributed by atoms with van der Waals surface area (Å²) < 4.78 is 0. The van der Waals surface area contributed by atoms with Crippen molar-refractivity contribution in [1.82, 2.24) is 0 Å². The van der Waals surface area contributed by atoms with Crippen LogP contribution in [0, 0.1) is 6.92 Å². The van der Waals surface area contributed by atoms with Gasteiger partial charge in [0.1, 0.15) is 0 Å². The van der Waals surface area contributed by atoms with Gasteiger partial charge >= 0.3 is 0 Å². The Balaban J connectivity index is 2.26. The molecule has 0 aromatic heterocycles. The maximum atomic E-state index is 2.40. The second-order valence-corrected chi connectivity index (χ2v) is 4.34. The molecule has 0 radical (unpaired) electrons. The summed E-state index contributed by atoms with van der Waals surface area (Å²) >= 11 is 0. The third-order valence-corrected chi connectivity index (χ3v) is 3.19. The van der Waals surface area contributed by atoms with Gasteiger partial charge in [0.05, 0.1) is 0 Å². The predicted octanol–water partition coefficient (Wildman–Crippen LogP) is 4.21. The van der Waals surface area contributed by atoms with E-state index in [9.17, 15) is 0 Å². The van der Waals surface area contributed by atoms with Gasteiger partial charge < -0.3 is 0 Å². The standard InChI is InChI=1S/C14H18/c1-11-7-9-13(10-8-11)14-6-4-3-5-12(14)2/h5,7-10,14H,3-4,6H2,1-2H3. The van der Waals surface area contributed by atoms with Crippen LogP contribution in [0.5, 0.6) is 0 Å². The Bertz CT molecular complexity index is 330. The van der Waals surface area contributed by atoms with Gasteiger partial charge in [-0.15, -0.1) is 0 Å². The molecule has 0 amide bonds. The summed E-state index contributed by atoms with van der Waals surface area (Å²) in [6, 6.07) is 9.00. The van der Waals surface area contributed by atoms with Crippen LogP contribution in [-0.2, 0) is 0 Å². The van der Waals surface area contributed by atoms with Crippen molar-refractivity contribution in [3.05, 3.63) is 47.0 Å². The highest BCUT2D eigenvalue weighted by molar-refractivity contribution is 5.31. The Hall–Kier alpha value is -1.04. The molecule has 0 spiro atoms. The minimum Gasteiger partial charge on any atom is -0.0850 e. The lowest BCUT2D eigenvalue weighted by Gasteiger charge is -2.22. The fourth-order valence-electron chi connectivity index (χ4n) is 2.25. The maximum Gasteiger partial charge on any atom is 0.00455 e. The van der Waals surface area contributed by atoms with Gasteiger partial charge in [0.2, 0.25) is 0 Å². The van der Waals surface area contributed by atoms with Crippen LogP contribution in [-0.4, -0.2) is 0 Å². The first-order valence-electron chi connectivity index (χ1n) is 5.50. The van der Waals surface area contributed by atoms with E-state index in [1.807, 2.05) is 0 Å². The van der Waals surface area contributed by atoms with Crippen LogP contribution in [0.2, 0.25) is 0 Å². The summed E-state index contributed by atoms with van der Waals surface area (Å²) in [7, 11) is 0. The largest absolute Gasteiger partial charge is 0.0850 e. The fourth-order valence-corrected chi connectivity index (χ4v) is 2.25. The molecule has 0 aliphatic heterocycles. The van der Waals surface area contributed by atoms with E-state index < -0.39 is 0 Å². The highest BCUT2D eigenvalue weighted by Gasteiger charge is 2.15. The van der Waals surface area contributed by atoms with Gasteiger partial charge in [-0.05, 0) is 38.7 Å². The summed E-state index contributed by atoms with van der Waals surface area (Å²) in [5, 5.41) is 0. The maximum absolute atomic E-state index is 2.40. The zero-order chi connectivity index (χ0) is 9.97. The molecule has 0 fully saturated rings. The van der Waals surface area contributed by atoms with E-state index in [-0.39, 0.29) is 0 Å². The zero-order valence-corrected chi connectivity index (χ0v) is 9.09. The van der Waals surface area contributed by atoms with Crippen molar-refractivity contribution in [2.45, 2.75) is 39.0 Å². The first-order chi connectivity index (χ1) is 6.77. The number of aryl methyl sites for hydroxylation is 1. The number of allylic oxidation sites excluding steroid dienone is 2. The van der Waals surface area contributed by atoms with Gasteiger partial charge in [-0.2, -0.15) is 0 Å². The molecule has 1 unspecified atom stereocenters. The van der Waals surface area contributed by atoms with Gasteiger partial charge in [-0.25, -0.2) is 0 Å². The van der Waals surface area contributed by atoms with Gasteiger partial charge in [0.15, 0.2) is 0 Å². The van der Waals surface area contributed by atoms with Crippen LogP contribution in [0.4, 0.5) is 0 Å². The molecule has 74 valence electrons. The molecule has 0 saturated heterocycles. The number of benzene rings is 1. The average molecular weight is 186 g/mol. The first-order valence-corrected chi connectivity index (χ1v) is 5.50. The summed E-state index contributed by atoms with van der Waals surface area (Å²) in [4.78, 5) is 0. The van der Waals surface area contributed by atoms with Crippen molar-refractivity contribution in [3.8, 4) is 0 Å². The smallest absolute Gasteiger partial charge is 0.00455 e. The van der Waals surface area contributed by atoms with Crippen molar-refractivity contribution < 1.29 is 0 Å². The lowest BCUT2D eigenvalue weighted by Crippen LogP contribution is -2.04. The molecule has 1 aliphatic carbocycles. The van der Waals surface area contributed by atoms with E-state index in [2.05, 4.69) is 44.2 Å². The molecule has 0 bridgehead atoms. The molecule has 1 aromatic rings. The second kappa shape index (κ2) is 4.00. The topological polar surface area (TPSA) is 0 Å². The van der Waals surface area contributed by atoms with Crippen molar-refractivity contribution in [2.75, 3.05) is 0 Å². The van der Waals surface area contributed by atoms with Gasteiger partial charge in [0, 0.05) is 5.92 Å². The molecule has 0 N–H and O–H groups in total. The molecule has 0 saturated carbocycles. The Morgan fingerprint density at radius 1 is 1.07 bits per heavy atom. The third kappa shape index (κ3) is 1.89. The summed E-state index contributed by atoms with van der Waals surface area (Å²) in [5.74, 6) is 0.685. The van der Waals surface area contributed by atoms with E-state index >= 15 is 0 Å². The van der Waals surface area contributed by atoms with E-state index in [0.29, 0.717) is 5.92 Å². The van der Waals surface area contributed by atoms with Crippen LogP contribution in [0.3, 0.4) is 0 Å². The Morgan fingerprint density at radius 3 is 2.43 bits per heavy atom. The molecular formula is C14H18. The highest BCUT2D eigenvalue weighted by Crippen LogP contribution is 2.33. The van der Waals surface area contributed by atoms with Crippen LogP contribution < -0.4 is 0 Å². The van der Waals surface area contributed by atoms with E-state index in [1.54, 1.807) is 5.57 Å². The molecule has 0 heteroatoms. The van der Waals surface area contributed by atoms with Gasteiger partial charge in [-0.1, -0.05) is 41.5 Å². The Morgan fingerprint density at radius 2 is 1.79 bits per heavy atom. The predicted molar refractivity (Wildman–Crippen MR) is 61.5 cm³/mol. The van der Waals surface area contributed by atoms with Crippen molar-refractivity contribution in [3.63, 3.8) is 0 Å². The van der Waals surface area contributed by atoms with Gasteiger partial charge in [-0.3, -0.25) is 0 Å². The van der Waals surface area contributed by atoms with Gasteiger partial charge in [0.25, 0.3) is 0 Å². The summed E-state index contributed by atoms with van der Waals surface area (Å²) in [6.45, 7) is 4.41. The summed E-state index contributed by atoms with van der Waals surface area (Å²) in [5.41, 5.74) is 4.40. The molecule has 0 nitrogen and oxygen atoms in total. The molecule has 2 rings (SSSR count). The van der Waals surface area contributed by atoms with E-state index in [0.717, 1.165) is 0 Å². The average Bonchev–Trinajstić information content (AvgIpc) is 2.20. The quantitative estimate of drug-likeness (QED) is 0.576. The molecule has 1 aliphatic rings. The van der Waals surface area contributed by atoms with E-state index in [1.165, 1.54) is 30.4 Å². The normalized spacial score (nSPS) is 21.9. The minimum atomic E-state index is 0.685. The van der Waals surface area contributed by atoms with Crippen LogP contribution in [0.1, 0.15) is 43.2 Å². The first kappa shape index (κ1) is 9.51. The van der Waals surface area contributed by atoms with Crippen LogP contribution in [0.25, 0.3) is 0 Å². The SMILES string of the molecule is CC1=CCCCC1c1ccc(C)cc1. The van der Waals surface area contributed by atoms with Crippen molar-refractivity contribution in [1.29, 1.82) is 0 Å². The van der Waals surface area contributed by atoms with Crippen molar-refractivity contribution in [2.24, 2.45) is 0 Å². The lowest BCUT2D eigenvalue weighted by molar-refractivity contribution is 0.623. The number of rotatable bonds is 1. The number of hydrogen-bond donors (Lipinski definition) is 0.